The normalized spacial score (nSPS) is 11.6. The van der Waals surface area contributed by atoms with Crippen LogP contribution in [0.15, 0.2) is 30.3 Å². The Bertz CT molecular complexity index is 366. The Balaban J connectivity index is 2.91. The minimum Gasteiger partial charge on any atom is -0.310 e. The van der Waals surface area contributed by atoms with Crippen LogP contribution in [0.5, 0.6) is 0 Å². The summed E-state index contributed by atoms with van der Waals surface area (Å²) in [6.45, 7) is 0. The molecule has 1 aromatic carbocycles. The Labute approximate surface area is 89.5 Å². The van der Waals surface area contributed by atoms with Crippen molar-refractivity contribution in [3.63, 3.8) is 0 Å². The number of hydrogen-bond acceptors (Lipinski definition) is 1. The molecule has 1 aromatic rings. The lowest BCUT2D eigenvalue weighted by atomic mass is 10.2. The number of alkyl halides is 4. The molecule has 0 radical (unpaired) electrons. The molecule has 0 spiro atoms. The fourth-order valence-corrected chi connectivity index (χ4v) is 1.09. The van der Waals surface area contributed by atoms with E-state index >= 15 is 0 Å². The molecule has 1 rings (SSSR count). The van der Waals surface area contributed by atoms with Gasteiger partial charge in [-0.05, 0) is 12.1 Å². The summed E-state index contributed by atoms with van der Waals surface area (Å²) in [5.74, 6) is -6.58. The summed E-state index contributed by atoms with van der Waals surface area (Å²) in [7, 11) is 1.02. The zero-order chi connectivity index (χ0) is 12.3. The van der Waals surface area contributed by atoms with Gasteiger partial charge in [-0.25, -0.2) is 8.78 Å². The summed E-state index contributed by atoms with van der Waals surface area (Å²) in [5.41, 5.74) is 0.132. The van der Waals surface area contributed by atoms with Crippen molar-refractivity contribution in [3.8, 4) is 0 Å². The first kappa shape index (κ1) is 12.5. The lowest BCUT2D eigenvalue weighted by Crippen LogP contribution is -2.46. The van der Waals surface area contributed by atoms with Gasteiger partial charge < -0.3 is 4.90 Å². The van der Waals surface area contributed by atoms with Crippen LogP contribution >= 0.6 is 0 Å². The van der Waals surface area contributed by atoms with Crippen LogP contribution in [0.2, 0.25) is 0 Å². The second-order valence-corrected chi connectivity index (χ2v) is 3.12. The lowest BCUT2D eigenvalue weighted by molar-refractivity contribution is -0.166. The minimum absolute atomic E-state index is 0.132. The smallest absolute Gasteiger partial charge is 0.310 e. The SMILES string of the molecule is CN(C(=O)C(F)(F)C(F)F)c1ccccc1. The molecule has 0 saturated heterocycles. The van der Waals surface area contributed by atoms with Crippen LogP contribution < -0.4 is 4.90 Å². The van der Waals surface area contributed by atoms with E-state index in [1.165, 1.54) is 24.3 Å². The largest absolute Gasteiger partial charge is 0.384 e. The number of carbonyl (C=O) groups excluding carboxylic acids is 1. The summed E-state index contributed by atoms with van der Waals surface area (Å²) in [6.07, 6.45) is -4.01. The predicted octanol–water partition coefficient (Wildman–Crippen LogP) is 2.55. The van der Waals surface area contributed by atoms with Gasteiger partial charge in [-0.15, -0.1) is 0 Å². The number of halogens is 4. The quantitative estimate of drug-likeness (QED) is 0.737. The molecule has 0 N–H and O–H groups in total. The molecule has 0 heterocycles. The molecular formula is C10H9F4NO. The second-order valence-electron chi connectivity index (χ2n) is 3.12. The van der Waals surface area contributed by atoms with Crippen molar-refractivity contribution >= 4 is 11.6 Å². The lowest BCUT2D eigenvalue weighted by Gasteiger charge is -2.22. The number of rotatable bonds is 3. The van der Waals surface area contributed by atoms with E-state index in [2.05, 4.69) is 0 Å². The third kappa shape index (κ3) is 2.32. The van der Waals surface area contributed by atoms with Gasteiger partial charge in [0, 0.05) is 12.7 Å². The number of carbonyl (C=O) groups is 1. The van der Waals surface area contributed by atoms with Crippen LogP contribution in [-0.4, -0.2) is 25.3 Å². The Kier molecular flexibility index (Phi) is 3.51. The Morgan fingerprint density at radius 2 is 1.75 bits per heavy atom. The van der Waals surface area contributed by atoms with Crippen molar-refractivity contribution in [3.05, 3.63) is 30.3 Å². The zero-order valence-corrected chi connectivity index (χ0v) is 8.33. The van der Waals surface area contributed by atoms with E-state index in [4.69, 9.17) is 0 Å². The van der Waals surface area contributed by atoms with Crippen LogP contribution in [0.4, 0.5) is 23.2 Å². The zero-order valence-electron chi connectivity index (χ0n) is 8.33. The summed E-state index contributed by atoms with van der Waals surface area (Å²) in [4.78, 5) is 11.6. The molecule has 2 nitrogen and oxygen atoms in total. The maximum absolute atomic E-state index is 12.7. The second kappa shape index (κ2) is 4.51. The molecule has 6 heteroatoms. The first-order chi connectivity index (χ1) is 7.37. The Hall–Kier alpha value is -1.59. The first-order valence-corrected chi connectivity index (χ1v) is 4.36. The molecule has 1 amide bonds. The van der Waals surface area contributed by atoms with E-state index in [0.717, 1.165) is 7.05 Å². The van der Waals surface area contributed by atoms with E-state index in [1.807, 2.05) is 0 Å². The van der Waals surface area contributed by atoms with Gasteiger partial charge in [0.1, 0.15) is 0 Å². The fourth-order valence-electron chi connectivity index (χ4n) is 1.09. The highest BCUT2D eigenvalue weighted by Gasteiger charge is 2.50. The molecule has 0 bridgehead atoms. The van der Waals surface area contributed by atoms with E-state index in [1.54, 1.807) is 6.07 Å². The van der Waals surface area contributed by atoms with E-state index in [9.17, 15) is 22.4 Å². The van der Waals surface area contributed by atoms with Crippen LogP contribution in [0.1, 0.15) is 0 Å². The minimum atomic E-state index is -4.66. The number of amides is 1. The molecule has 0 aliphatic heterocycles. The van der Waals surface area contributed by atoms with Gasteiger partial charge in [-0.2, -0.15) is 8.78 Å². The highest BCUT2D eigenvalue weighted by Crippen LogP contribution is 2.27. The number of benzene rings is 1. The predicted molar refractivity (Wildman–Crippen MR) is 50.8 cm³/mol. The van der Waals surface area contributed by atoms with Crippen molar-refractivity contribution in [2.75, 3.05) is 11.9 Å². The van der Waals surface area contributed by atoms with Gasteiger partial charge in [0.2, 0.25) is 0 Å². The highest BCUT2D eigenvalue weighted by atomic mass is 19.3. The molecule has 0 aliphatic rings. The van der Waals surface area contributed by atoms with Crippen LogP contribution in [0.25, 0.3) is 0 Å². The topological polar surface area (TPSA) is 20.3 Å². The average molecular weight is 235 g/mol. The Morgan fingerprint density at radius 3 is 2.19 bits per heavy atom. The van der Waals surface area contributed by atoms with Crippen LogP contribution in [0.3, 0.4) is 0 Å². The first-order valence-electron chi connectivity index (χ1n) is 4.36. The standard InChI is InChI=1S/C10H9F4NO/c1-15(7-5-3-2-4-6-7)9(16)10(13,14)8(11)12/h2-6,8H,1H3. The van der Waals surface area contributed by atoms with Crippen LogP contribution in [0, 0.1) is 0 Å². The van der Waals surface area contributed by atoms with E-state index in [0.29, 0.717) is 4.90 Å². The van der Waals surface area contributed by atoms with Crippen molar-refractivity contribution in [2.45, 2.75) is 12.3 Å². The summed E-state index contributed by atoms with van der Waals surface area (Å²) in [5, 5.41) is 0. The van der Waals surface area contributed by atoms with Crippen molar-refractivity contribution in [2.24, 2.45) is 0 Å². The monoisotopic (exact) mass is 235 g/mol. The third-order valence-corrected chi connectivity index (χ3v) is 2.01. The van der Waals surface area contributed by atoms with Crippen molar-refractivity contribution < 1.29 is 22.4 Å². The molecule has 88 valence electrons. The van der Waals surface area contributed by atoms with Gasteiger partial charge in [0.05, 0.1) is 0 Å². The number of hydrogen-bond donors (Lipinski definition) is 0. The molecule has 0 atom stereocenters. The molecular weight excluding hydrogens is 226 g/mol. The number of anilines is 1. The van der Waals surface area contributed by atoms with Gasteiger partial charge in [-0.3, -0.25) is 4.79 Å². The fraction of sp³-hybridized carbons (Fsp3) is 0.300. The molecule has 16 heavy (non-hydrogen) atoms. The van der Waals surface area contributed by atoms with Gasteiger partial charge in [0.15, 0.2) is 0 Å². The van der Waals surface area contributed by atoms with E-state index in [-0.39, 0.29) is 5.69 Å². The summed E-state index contributed by atoms with van der Waals surface area (Å²) >= 11 is 0. The molecule has 0 aromatic heterocycles. The maximum Gasteiger partial charge on any atom is 0.384 e. The van der Waals surface area contributed by atoms with Gasteiger partial charge in [0.25, 0.3) is 0 Å². The summed E-state index contributed by atoms with van der Waals surface area (Å²) in [6, 6.07) is 7.39. The van der Waals surface area contributed by atoms with Gasteiger partial charge in [-0.1, -0.05) is 18.2 Å². The molecule has 0 unspecified atom stereocenters. The van der Waals surface area contributed by atoms with E-state index < -0.39 is 18.3 Å². The molecule has 0 aliphatic carbocycles. The average Bonchev–Trinajstić information content (AvgIpc) is 2.28. The van der Waals surface area contributed by atoms with Crippen LogP contribution in [-0.2, 0) is 4.79 Å². The number of para-hydroxylation sites is 1. The van der Waals surface area contributed by atoms with Gasteiger partial charge >= 0.3 is 18.3 Å². The Morgan fingerprint density at radius 1 is 1.25 bits per heavy atom. The molecule has 0 fully saturated rings. The number of nitrogens with zero attached hydrogens (tertiary/aromatic N) is 1. The summed E-state index contributed by atoms with van der Waals surface area (Å²) < 4.78 is 49.4. The maximum atomic E-state index is 12.7. The highest BCUT2D eigenvalue weighted by molar-refractivity contribution is 5.98. The third-order valence-electron chi connectivity index (χ3n) is 2.01. The molecule has 0 saturated carbocycles. The van der Waals surface area contributed by atoms with Crippen molar-refractivity contribution in [1.29, 1.82) is 0 Å². The van der Waals surface area contributed by atoms with Crippen molar-refractivity contribution in [1.82, 2.24) is 0 Å².